The number of anilines is 1. The molecule has 10 heteroatoms. The molecular weight excluding hydrogens is 399 g/mol. The van der Waals surface area contributed by atoms with Crippen LogP contribution >= 0.6 is 11.6 Å². The number of nitrogens with one attached hydrogen (secondary N) is 1. The van der Waals surface area contributed by atoms with Crippen LogP contribution in [-0.2, 0) is 22.6 Å². The third-order valence-corrected chi connectivity index (χ3v) is 4.32. The Balaban J connectivity index is 0.00000122. The molecule has 0 radical (unpaired) electrons. The van der Waals surface area contributed by atoms with Gasteiger partial charge in [0.05, 0.1) is 23.5 Å². The molecule has 2 rings (SSSR count). The first-order chi connectivity index (χ1) is 13.1. The van der Waals surface area contributed by atoms with Crippen LogP contribution in [0.3, 0.4) is 0 Å². The lowest BCUT2D eigenvalue weighted by atomic mass is 10.1. The highest BCUT2D eigenvalue weighted by Crippen LogP contribution is 2.38. The van der Waals surface area contributed by atoms with Gasteiger partial charge in [0, 0.05) is 23.9 Å². The summed E-state index contributed by atoms with van der Waals surface area (Å²) in [6.45, 7) is 5.58. The highest BCUT2D eigenvalue weighted by Gasteiger charge is 2.36. The van der Waals surface area contributed by atoms with Crippen LogP contribution in [0.1, 0.15) is 26.5 Å². The van der Waals surface area contributed by atoms with Crippen LogP contribution in [0.4, 0.5) is 18.9 Å². The quantitative estimate of drug-likeness (QED) is 0.742. The van der Waals surface area contributed by atoms with Crippen molar-refractivity contribution in [2.45, 2.75) is 46.0 Å². The zero-order chi connectivity index (χ0) is 21.5. The molecule has 28 heavy (non-hydrogen) atoms. The van der Waals surface area contributed by atoms with Gasteiger partial charge in [0.15, 0.2) is 0 Å². The van der Waals surface area contributed by atoms with Crippen molar-refractivity contribution in [2.75, 3.05) is 12.4 Å². The Labute approximate surface area is 165 Å². The van der Waals surface area contributed by atoms with E-state index in [4.69, 9.17) is 25.9 Å². The van der Waals surface area contributed by atoms with Gasteiger partial charge in [-0.2, -0.15) is 27.9 Å². The Morgan fingerprint density at radius 1 is 1.32 bits per heavy atom. The van der Waals surface area contributed by atoms with E-state index in [9.17, 15) is 13.2 Å². The van der Waals surface area contributed by atoms with Crippen molar-refractivity contribution >= 4 is 23.4 Å². The number of carbonyl (C=O) groups excluding carboxylic acids is 2. The predicted octanol–water partition coefficient (Wildman–Crippen LogP) is 4.57. The van der Waals surface area contributed by atoms with Crippen molar-refractivity contribution in [1.82, 2.24) is 9.78 Å². The van der Waals surface area contributed by atoms with E-state index >= 15 is 0 Å². The number of hydrogen-bond acceptors (Lipinski definition) is 5. The molecule has 0 spiro atoms. The van der Waals surface area contributed by atoms with Gasteiger partial charge in [-0.15, -0.1) is 0 Å². The topological polar surface area (TPSA) is 73.2 Å². The lowest BCUT2D eigenvalue weighted by molar-refractivity contribution is -0.191. The monoisotopic (exact) mass is 419 g/mol. The molecule has 1 aromatic heterocycles. The average molecular weight is 420 g/mol. The molecule has 0 fully saturated rings. The van der Waals surface area contributed by atoms with Gasteiger partial charge in [-0.3, -0.25) is 4.68 Å². The normalized spacial score (nSPS) is 11.9. The number of ether oxygens (including phenoxy) is 1. The summed E-state index contributed by atoms with van der Waals surface area (Å²) in [5, 5.41) is 7.44. The fourth-order valence-corrected chi connectivity index (χ4v) is 2.88. The number of halogens is 4. The largest absolute Gasteiger partial charge is 0.496 e. The van der Waals surface area contributed by atoms with Gasteiger partial charge in [-0.05, 0) is 32.4 Å². The van der Waals surface area contributed by atoms with Gasteiger partial charge in [0.2, 0.25) is 0 Å². The van der Waals surface area contributed by atoms with E-state index in [1.807, 2.05) is 13.8 Å². The molecule has 1 aromatic carbocycles. The summed E-state index contributed by atoms with van der Waals surface area (Å²) in [6.07, 6.45) is -3.39. The molecule has 154 valence electrons. The molecule has 6 nitrogen and oxygen atoms in total. The Bertz CT molecular complexity index is 831. The van der Waals surface area contributed by atoms with Crippen LogP contribution in [0.15, 0.2) is 18.2 Å². The number of methoxy groups -OCH3 is 1. The third kappa shape index (κ3) is 5.50. The van der Waals surface area contributed by atoms with Crippen LogP contribution in [0.25, 0.3) is 11.3 Å². The maximum Gasteiger partial charge on any atom is 0.408 e. The number of hydrogen-bond donors (Lipinski definition) is 1. The van der Waals surface area contributed by atoms with Crippen LogP contribution in [0.5, 0.6) is 5.75 Å². The first kappa shape index (κ1) is 23.5. The molecule has 0 aliphatic rings. The molecule has 0 saturated heterocycles. The molecule has 1 atom stereocenters. The number of aromatic nitrogens is 2. The smallest absolute Gasteiger partial charge is 0.408 e. The molecule has 2 aromatic rings. The van der Waals surface area contributed by atoms with Gasteiger partial charge in [-0.1, -0.05) is 18.5 Å². The molecule has 0 amide bonds. The second-order valence-corrected chi connectivity index (χ2v) is 6.06. The molecule has 1 heterocycles. The highest BCUT2D eigenvalue weighted by atomic mass is 35.5. The van der Waals surface area contributed by atoms with E-state index in [1.54, 1.807) is 16.8 Å². The summed E-state index contributed by atoms with van der Waals surface area (Å²) in [4.78, 5) is 16.2. The maximum absolute atomic E-state index is 12.7. The minimum atomic E-state index is -4.33. The number of nitrogens with zero attached hydrogens (tertiary/aromatic N) is 2. The molecule has 0 aliphatic carbocycles. The molecular formula is C18H21ClF3N3O3. The SMILES string of the molecule is CCc1nn(CC)c(-c2ccc(N[C@H](C)C(F)(F)F)cc2OC)c1Cl.O=C=O. The zero-order valence-corrected chi connectivity index (χ0v) is 16.6. The molecule has 0 aliphatic heterocycles. The van der Waals surface area contributed by atoms with Crippen LogP contribution in [0, 0.1) is 0 Å². The zero-order valence-electron chi connectivity index (χ0n) is 15.9. The van der Waals surface area contributed by atoms with Crippen LogP contribution < -0.4 is 10.1 Å². The van der Waals surface area contributed by atoms with Crippen molar-refractivity contribution in [3.05, 3.63) is 28.9 Å². The fraction of sp³-hybridized carbons (Fsp3) is 0.444. The van der Waals surface area contributed by atoms with E-state index in [-0.39, 0.29) is 6.15 Å². The van der Waals surface area contributed by atoms with Crippen LogP contribution in [-0.4, -0.2) is 35.3 Å². The lowest BCUT2D eigenvalue weighted by Gasteiger charge is -2.19. The minimum Gasteiger partial charge on any atom is -0.496 e. The molecule has 0 saturated carbocycles. The van der Waals surface area contributed by atoms with Gasteiger partial charge in [-0.25, -0.2) is 0 Å². The third-order valence-electron chi connectivity index (χ3n) is 3.93. The van der Waals surface area contributed by atoms with Gasteiger partial charge >= 0.3 is 12.3 Å². The Hall–Kier alpha value is -2.51. The molecule has 1 N–H and O–H groups in total. The van der Waals surface area contributed by atoms with E-state index < -0.39 is 12.2 Å². The van der Waals surface area contributed by atoms with Crippen LogP contribution in [0.2, 0.25) is 5.02 Å². The summed E-state index contributed by atoms with van der Waals surface area (Å²) in [5.41, 5.74) is 2.48. The van der Waals surface area contributed by atoms with Gasteiger partial charge in [0.25, 0.3) is 0 Å². The Morgan fingerprint density at radius 3 is 2.39 bits per heavy atom. The summed E-state index contributed by atoms with van der Waals surface area (Å²) in [7, 11) is 1.47. The van der Waals surface area contributed by atoms with Crippen molar-refractivity contribution in [3.8, 4) is 17.0 Å². The van der Waals surface area contributed by atoms with E-state index in [1.165, 1.54) is 13.2 Å². The first-order valence-electron chi connectivity index (χ1n) is 8.40. The second kappa shape index (κ2) is 10.1. The maximum atomic E-state index is 12.7. The highest BCUT2D eigenvalue weighted by molar-refractivity contribution is 6.33. The number of aryl methyl sites for hydroxylation is 2. The minimum absolute atomic E-state index is 0.250. The molecule has 0 unspecified atom stereocenters. The summed E-state index contributed by atoms with van der Waals surface area (Å²) in [5.74, 6) is 0.429. The van der Waals surface area contributed by atoms with Crippen molar-refractivity contribution < 1.29 is 27.5 Å². The van der Waals surface area contributed by atoms with E-state index in [0.29, 0.717) is 40.7 Å². The fourth-order valence-electron chi connectivity index (χ4n) is 2.51. The Kier molecular flexibility index (Phi) is 8.53. The lowest BCUT2D eigenvalue weighted by Crippen LogP contribution is -2.33. The number of benzene rings is 1. The van der Waals surface area contributed by atoms with Gasteiger partial charge in [0.1, 0.15) is 11.8 Å². The number of rotatable bonds is 6. The first-order valence-corrected chi connectivity index (χ1v) is 8.78. The summed E-state index contributed by atoms with van der Waals surface area (Å²) < 4.78 is 45.3. The van der Waals surface area contributed by atoms with Crippen molar-refractivity contribution in [1.29, 1.82) is 0 Å². The van der Waals surface area contributed by atoms with Crippen molar-refractivity contribution in [3.63, 3.8) is 0 Å². The van der Waals surface area contributed by atoms with Crippen molar-refractivity contribution in [2.24, 2.45) is 0 Å². The summed E-state index contributed by atoms with van der Waals surface area (Å²) in [6, 6.07) is 3.14. The average Bonchev–Trinajstić information content (AvgIpc) is 2.97. The standard InChI is InChI=1S/C17H21ClF3N3O.CO2/c1-5-13-15(18)16(24(6-2)23-13)12-8-7-11(9-14(12)25-4)22-10(3)17(19,20)21;2-1-3/h7-10,22H,5-6H2,1-4H3;/t10-;/m1./s1. The molecule has 0 bridgehead atoms. The van der Waals surface area contributed by atoms with Gasteiger partial charge < -0.3 is 10.1 Å². The van der Waals surface area contributed by atoms with E-state index in [2.05, 4.69) is 10.4 Å². The second-order valence-electron chi connectivity index (χ2n) is 5.68. The van der Waals surface area contributed by atoms with E-state index in [0.717, 1.165) is 12.6 Å². The Morgan fingerprint density at radius 2 is 1.93 bits per heavy atom. The summed E-state index contributed by atoms with van der Waals surface area (Å²) >= 11 is 6.45. The number of alkyl halides is 3. The predicted molar refractivity (Wildman–Crippen MR) is 98.4 cm³/mol.